The van der Waals surface area contributed by atoms with Crippen molar-refractivity contribution in [3.63, 3.8) is 0 Å². The maximum atomic E-state index is 14.0. The molecule has 0 bridgehead atoms. The van der Waals surface area contributed by atoms with E-state index in [1.165, 1.54) is 35.6 Å². The average molecular weight is 497 g/mol. The van der Waals surface area contributed by atoms with Gasteiger partial charge in [0, 0.05) is 37.3 Å². The van der Waals surface area contributed by atoms with E-state index in [1.807, 2.05) is 0 Å². The normalized spacial score (nSPS) is 14.5. The van der Waals surface area contributed by atoms with Crippen LogP contribution in [0.4, 0.5) is 19.7 Å². The molecule has 0 saturated carbocycles. The predicted octanol–water partition coefficient (Wildman–Crippen LogP) is 4.91. The molecule has 0 atom stereocenters. The van der Waals surface area contributed by atoms with E-state index >= 15 is 0 Å². The Balaban J connectivity index is 1.39. The summed E-state index contributed by atoms with van der Waals surface area (Å²) in [6, 6.07) is 12.3. The van der Waals surface area contributed by atoms with Crippen molar-refractivity contribution in [2.24, 2.45) is 0 Å². The van der Waals surface area contributed by atoms with Gasteiger partial charge in [-0.25, -0.2) is 13.8 Å². The first-order chi connectivity index (χ1) is 16.7. The summed E-state index contributed by atoms with van der Waals surface area (Å²) in [6.45, 7) is 8.29. The number of anilines is 2. The first-order valence-corrected chi connectivity index (χ1v) is 12.2. The van der Waals surface area contributed by atoms with Crippen LogP contribution in [0.3, 0.4) is 0 Å². The van der Waals surface area contributed by atoms with E-state index in [2.05, 4.69) is 31.0 Å². The number of piperazine rings is 1. The number of nitrogens with one attached hydrogen (secondary N) is 1. The van der Waals surface area contributed by atoms with Crippen LogP contribution < -0.4 is 10.2 Å². The minimum Gasteiger partial charge on any atom is -0.364 e. The van der Waals surface area contributed by atoms with Gasteiger partial charge < -0.3 is 15.1 Å². The summed E-state index contributed by atoms with van der Waals surface area (Å²) in [5.74, 6) is -0.350. The molecule has 2 aromatic carbocycles. The second kappa shape index (κ2) is 8.92. The van der Waals surface area contributed by atoms with Crippen LogP contribution in [0, 0.1) is 11.6 Å². The highest BCUT2D eigenvalue weighted by atomic mass is 32.1. The fourth-order valence-corrected chi connectivity index (χ4v) is 5.00. The molecule has 4 aromatic rings. The highest BCUT2D eigenvalue weighted by molar-refractivity contribution is 7.20. The van der Waals surface area contributed by atoms with Crippen LogP contribution >= 0.6 is 11.3 Å². The van der Waals surface area contributed by atoms with Gasteiger partial charge in [0.15, 0.2) is 5.82 Å². The lowest BCUT2D eigenvalue weighted by molar-refractivity contribution is 0.0742. The number of carbonyl (C=O) groups is 1. The molecule has 2 aromatic heterocycles. The lowest BCUT2D eigenvalue weighted by Gasteiger charge is -2.34. The van der Waals surface area contributed by atoms with Crippen molar-refractivity contribution in [1.82, 2.24) is 19.5 Å². The topological polar surface area (TPSA) is 65.8 Å². The van der Waals surface area contributed by atoms with Gasteiger partial charge in [-0.3, -0.25) is 4.79 Å². The summed E-state index contributed by atoms with van der Waals surface area (Å²) < 4.78 is 29.3. The molecule has 10 heteroatoms. The highest BCUT2D eigenvalue weighted by Crippen LogP contribution is 2.35. The number of nitrogens with zero attached hydrogens (tertiary/aromatic N) is 5. The van der Waals surface area contributed by atoms with Crippen LogP contribution in [0.1, 0.15) is 31.1 Å². The Morgan fingerprint density at radius 1 is 1.00 bits per heavy atom. The molecule has 1 aliphatic heterocycles. The second-order valence-corrected chi connectivity index (χ2v) is 10.5. The molecule has 3 heterocycles. The van der Waals surface area contributed by atoms with Crippen LogP contribution in [0.25, 0.3) is 16.2 Å². The van der Waals surface area contributed by atoms with Gasteiger partial charge in [0.25, 0.3) is 5.91 Å². The van der Waals surface area contributed by atoms with Crippen LogP contribution in [-0.4, -0.2) is 57.1 Å². The molecular weight excluding hydrogens is 470 g/mol. The van der Waals surface area contributed by atoms with E-state index in [-0.39, 0.29) is 22.8 Å². The van der Waals surface area contributed by atoms with Crippen LogP contribution in [0.2, 0.25) is 0 Å². The van der Waals surface area contributed by atoms with Crippen molar-refractivity contribution in [3.8, 4) is 11.3 Å². The summed E-state index contributed by atoms with van der Waals surface area (Å²) in [5.41, 5.74) is 1.37. The lowest BCUT2D eigenvalue weighted by Crippen LogP contribution is -2.49. The van der Waals surface area contributed by atoms with Gasteiger partial charge in [-0.05, 0) is 57.2 Å². The molecule has 0 radical (unpaired) electrons. The van der Waals surface area contributed by atoms with Gasteiger partial charge in [-0.15, -0.1) is 5.10 Å². The number of benzene rings is 2. The van der Waals surface area contributed by atoms with Gasteiger partial charge in [0.1, 0.15) is 17.3 Å². The third-order valence-corrected chi connectivity index (χ3v) is 6.71. The first kappa shape index (κ1) is 23.2. The summed E-state index contributed by atoms with van der Waals surface area (Å²) in [4.78, 5) is 22.1. The van der Waals surface area contributed by atoms with E-state index in [1.54, 1.807) is 33.7 Å². The molecule has 182 valence electrons. The fraction of sp³-hybridized carbons (Fsp3) is 0.320. The fourth-order valence-electron chi connectivity index (χ4n) is 4.05. The molecule has 5 rings (SSSR count). The summed E-state index contributed by atoms with van der Waals surface area (Å²) in [6.07, 6.45) is 0. The molecule has 35 heavy (non-hydrogen) atoms. The number of carbonyl (C=O) groups excluding carboxylic acids is 1. The third kappa shape index (κ3) is 4.70. The molecule has 1 fully saturated rings. The molecule has 0 spiro atoms. The zero-order valence-corrected chi connectivity index (χ0v) is 20.6. The summed E-state index contributed by atoms with van der Waals surface area (Å²) in [5, 5.41) is 9.12. The average Bonchev–Trinajstić information content (AvgIpc) is 3.38. The number of rotatable bonds is 4. The molecule has 0 aliphatic carbocycles. The molecule has 7 nitrogen and oxygen atoms in total. The Bertz CT molecular complexity index is 1370. The zero-order valence-electron chi connectivity index (χ0n) is 19.8. The maximum absolute atomic E-state index is 14.0. The Morgan fingerprint density at radius 2 is 1.69 bits per heavy atom. The van der Waals surface area contributed by atoms with Crippen LogP contribution in [-0.2, 0) is 0 Å². The molecule has 1 amide bonds. The highest BCUT2D eigenvalue weighted by Gasteiger charge is 2.27. The number of imidazole rings is 1. The smallest absolute Gasteiger partial charge is 0.256 e. The van der Waals surface area contributed by atoms with Crippen molar-refractivity contribution in [2.75, 3.05) is 36.4 Å². The quantitative estimate of drug-likeness (QED) is 0.435. The van der Waals surface area contributed by atoms with Gasteiger partial charge in [-0.2, -0.15) is 4.52 Å². The largest absolute Gasteiger partial charge is 0.364 e. The lowest BCUT2D eigenvalue weighted by atomic mass is 10.1. The van der Waals surface area contributed by atoms with Crippen molar-refractivity contribution < 1.29 is 13.6 Å². The van der Waals surface area contributed by atoms with E-state index in [4.69, 9.17) is 10.1 Å². The zero-order chi connectivity index (χ0) is 24.7. The minimum atomic E-state index is -0.503. The Hall–Kier alpha value is -3.53. The first-order valence-electron chi connectivity index (χ1n) is 11.4. The van der Waals surface area contributed by atoms with E-state index in [0.29, 0.717) is 31.9 Å². The SMILES string of the molecule is CC(C)(C)Nc1c(-c2ccc(F)cc2)nc2sc(N3CCN(C(=O)c4ccccc4F)CC3)nn12. The minimum absolute atomic E-state index is 0.0971. The molecular formula is C25H26F2N6OS. The van der Waals surface area contributed by atoms with E-state index in [9.17, 15) is 13.6 Å². The maximum Gasteiger partial charge on any atom is 0.256 e. The Morgan fingerprint density at radius 3 is 2.34 bits per heavy atom. The predicted molar refractivity (Wildman–Crippen MR) is 134 cm³/mol. The number of halogens is 2. The van der Waals surface area contributed by atoms with Crippen molar-refractivity contribution in [2.45, 2.75) is 26.3 Å². The number of aromatic nitrogens is 3. The number of hydrogen-bond donors (Lipinski definition) is 1. The third-order valence-electron chi connectivity index (χ3n) is 5.75. The monoisotopic (exact) mass is 496 g/mol. The van der Waals surface area contributed by atoms with Crippen molar-refractivity contribution >= 4 is 33.2 Å². The van der Waals surface area contributed by atoms with Crippen LogP contribution in [0.15, 0.2) is 48.5 Å². The number of amides is 1. The van der Waals surface area contributed by atoms with E-state index < -0.39 is 5.82 Å². The standard InChI is InChI=1S/C25H26F2N6OS/c1-25(2,3)29-21-20(16-8-10-17(26)11-9-16)28-23-33(21)30-24(35-23)32-14-12-31(13-15-32)22(34)18-6-4-5-7-19(18)27/h4-11,29H,12-15H2,1-3H3. The van der Waals surface area contributed by atoms with Crippen LogP contribution in [0.5, 0.6) is 0 Å². The summed E-state index contributed by atoms with van der Waals surface area (Å²) >= 11 is 1.46. The Labute approximate surface area is 206 Å². The molecule has 1 saturated heterocycles. The number of fused-ring (bicyclic) bond motifs is 1. The van der Waals surface area contributed by atoms with Gasteiger partial charge in [0.05, 0.1) is 5.56 Å². The van der Waals surface area contributed by atoms with Crippen molar-refractivity contribution in [3.05, 3.63) is 65.7 Å². The van der Waals surface area contributed by atoms with Gasteiger partial charge >= 0.3 is 0 Å². The summed E-state index contributed by atoms with van der Waals surface area (Å²) in [7, 11) is 0. The Kier molecular flexibility index (Phi) is 5.92. The molecule has 0 unspecified atom stereocenters. The second-order valence-electron chi connectivity index (χ2n) is 9.53. The molecule has 1 aliphatic rings. The van der Waals surface area contributed by atoms with Gasteiger partial charge in [0.2, 0.25) is 10.1 Å². The van der Waals surface area contributed by atoms with E-state index in [0.717, 1.165) is 21.5 Å². The van der Waals surface area contributed by atoms with Gasteiger partial charge in [-0.1, -0.05) is 23.5 Å². The molecule has 1 N–H and O–H groups in total. The van der Waals surface area contributed by atoms with Crippen molar-refractivity contribution in [1.29, 1.82) is 0 Å². The number of hydrogen-bond acceptors (Lipinski definition) is 6.